The number of rotatable bonds is 4. The van der Waals surface area contributed by atoms with E-state index in [1.165, 1.54) is 4.90 Å². The van der Waals surface area contributed by atoms with Crippen molar-refractivity contribution in [1.29, 1.82) is 0 Å². The molecule has 0 bridgehead atoms. The zero-order chi connectivity index (χ0) is 12.8. The number of nitrogens with two attached hydrogens (primary N) is 1. The number of hydrogen-bond donors (Lipinski definition) is 1. The van der Waals surface area contributed by atoms with Crippen molar-refractivity contribution in [1.82, 2.24) is 4.90 Å². The third-order valence-electron chi connectivity index (χ3n) is 2.15. The smallest absolute Gasteiger partial charge is 0.310 e. The van der Waals surface area contributed by atoms with Gasteiger partial charge in [-0.15, -0.1) is 0 Å². The van der Waals surface area contributed by atoms with Crippen molar-refractivity contribution in [3.63, 3.8) is 0 Å². The van der Waals surface area contributed by atoms with Gasteiger partial charge in [-0.3, -0.25) is 9.59 Å². The van der Waals surface area contributed by atoms with Gasteiger partial charge in [0.2, 0.25) is 0 Å². The summed E-state index contributed by atoms with van der Waals surface area (Å²) in [6.45, 7) is -0.228. The summed E-state index contributed by atoms with van der Waals surface area (Å²) in [6, 6.07) is 6.99. The van der Waals surface area contributed by atoms with Crippen LogP contribution in [0.4, 0.5) is 5.69 Å². The Morgan fingerprint density at radius 1 is 1.35 bits per heavy atom. The van der Waals surface area contributed by atoms with Gasteiger partial charge in [-0.25, -0.2) is 0 Å². The van der Waals surface area contributed by atoms with Crippen molar-refractivity contribution in [3.8, 4) is 0 Å². The molecular weight excluding hydrogens is 220 g/mol. The molecule has 5 heteroatoms. The number of likely N-dealkylation sites (N-methyl/N-ethyl adjacent to an activating group) is 1. The molecule has 5 nitrogen and oxygen atoms in total. The monoisotopic (exact) mass is 236 g/mol. The van der Waals surface area contributed by atoms with E-state index < -0.39 is 5.97 Å². The quantitative estimate of drug-likeness (QED) is 0.608. The molecule has 0 heterocycles. The maximum Gasteiger partial charge on any atom is 0.310 e. The van der Waals surface area contributed by atoms with Gasteiger partial charge >= 0.3 is 5.97 Å². The Bertz CT molecular complexity index is 416. The first kappa shape index (κ1) is 13.0. The van der Waals surface area contributed by atoms with Crippen LogP contribution in [0.1, 0.15) is 5.56 Å². The molecule has 0 saturated heterocycles. The van der Waals surface area contributed by atoms with E-state index in [-0.39, 0.29) is 18.9 Å². The summed E-state index contributed by atoms with van der Waals surface area (Å²) in [6.07, 6.45) is 0.117. The minimum absolute atomic E-state index is 0.117. The van der Waals surface area contributed by atoms with Crippen LogP contribution in [0.5, 0.6) is 0 Å². The summed E-state index contributed by atoms with van der Waals surface area (Å²) in [5.41, 5.74) is 6.95. The number of amides is 1. The van der Waals surface area contributed by atoms with Gasteiger partial charge in [0.1, 0.15) is 0 Å². The molecule has 0 radical (unpaired) electrons. The van der Waals surface area contributed by atoms with E-state index in [1.807, 2.05) is 0 Å². The maximum absolute atomic E-state index is 11.4. The van der Waals surface area contributed by atoms with E-state index in [0.29, 0.717) is 5.69 Å². The lowest BCUT2D eigenvalue weighted by atomic mass is 10.1. The molecule has 0 aliphatic rings. The van der Waals surface area contributed by atoms with Crippen molar-refractivity contribution in [2.75, 3.05) is 26.4 Å². The number of anilines is 1. The largest absolute Gasteiger partial charge is 0.455 e. The van der Waals surface area contributed by atoms with Gasteiger partial charge in [-0.05, 0) is 17.7 Å². The first-order chi connectivity index (χ1) is 7.99. The van der Waals surface area contributed by atoms with Crippen LogP contribution in [-0.4, -0.2) is 37.5 Å². The minimum atomic E-state index is -0.439. The highest BCUT2D eigenvalue weighted by molar-refractivity contribution is 5.81. The zero-order valence-corrected chi connectivity index (χ0v) is 9.97. The highest BCUT2D eigenvalue weighted by Gasteiger charge is 2.09. The number of ether oxygens (including phenoxy) is 1. The van der Waals surface area contributed by atoms with E-state index >= 15 is 0 Å². The second kappa shape index (κ2) is 5.89. The van der Waals surface area contributed by atoms with Crippen LogP contribution in [0.25, 0.3) is 0 Å². The molecule has 1 rings (SSSR count). The van der Waals surface area contributed by atoms with Crippen molar-refractivity contribution in [3.05, 3.63) is 29.8 Å². The summed E-state index contributed by atoms with van der Waals surface area (Å²) in [5, 5.41) is 0. The van der Waals surface area contributed by atoms with E-state index in [1.54, 1.807) is 38.4 Å². The molecular formula is C12H16N2O3. The molecule has 1 aromatic rings. The highest BCUT2D eigenvalue weighted by atomic mass is 16.5. The number of esters is 1. The molecule has 0 aliphatic carbocycles. The van der Waals surface area contributed by atoms with Crippen LogP contribution < -0.4 is 5.73 Å². The van der Waals surface area contributed by atoms with Gasteiger partial charge in [0, 0.05) is 19.8 Å². The zero-order valence-electron chi connectivity index (χ0n) is 9.97. The van der Waals surface area contributed by atoms with Gasteiger partial charge in [0.15, 0.2) is 6.61 Å². The van der Waals surface area contributed by atoms with Crippen LogP contribution in [0, 0.1) is 0 Å². The number of hydrogen-bond acceptors (Lipinski definition) is 4. The topological polar surface area (TPSA) is 72.6 Å². The highest BCUT2D eigenvalue weighted by Crippen LogP contribution is 2.07. The molecule has 0 fully saturated rings. The average molecular weight is 236 g/mol. The molecule has 1 aromatic carbocycles. The van der Waals surface area contributed by atoms with E-state index in [9.17, 15) is 9.59 Å². The predicted molar refractivity (Wildman–Crippen MR) is 64.2 cm³/mol. The third-order valence-corrected chi connectivity index (χ3v) is 2.15. The summed E-state index contributed by atoms with van der Waals surface area (Å²) in [5.74, 6) is -0.684. The van der Waals surface area contributed by atoms with Crippen LogP contribution in [-0.2, 0) is 20.7 Å². The lowest BCUT2D eigenvalue weighted by Crippen LogP contribution is -2.27. The summed E-state index contributed by atoms with van der Waals surface area (Å²) in [4.78, 5) is 24.0. The van der Waals surface area contributed by atoms with E-state index in [4.69, 9.17) is 10.5 Å². The molecule has 2 N–H and O–H groups in total. The van der Waals surface area contributed by atoms with Crippen LogP contribution in [0.2, 0.25) is 0 Å². The Hall–Kier alpha value is -2.04. The van der Waals surface area contributed by atoms with E-state index in [0.717, 1.165) is 5.56 Å². The lowest BCUT2D eigenvalue weighted by Gasteiger charge is -2.10. The van der Waals surface area contributed by atoms with E-state index in [2.05, 4.69) is 0 Å². The van der Waals surface area contributed by atoms with Crippen molar-refractivity contribution in [2.24, 2.45) is 0 Å². The van der Waals surface area contributed by atoms with Crippen molar-refractivity contribution in [2.45, 2.75) is 6.42 Å². The second-order valence-corrected chi connectivity index (χ2v) is 3.87. The number of benzene rings is 1. The number of carbonyl (C=O) groups is 2. The fourth-order valence-corrected chi connectivity index (χ4v) is 1.19. The molecule has 17 heavy (non-hydrogen) atoms. The fourth-order valence-electron chi connectivity index (χ4n) is 1.19. The molecule has 92 valence electrons. The molecule has 0 spiro atoms. The first-order valence-electron chi connectivity index (χ1n) is 5.19. The molecule has 0 atom stereocenters. The van der Waals surface area contributed by atoms with Crippen LogP contribution >= 0.6 is 0 Å². The minimum Gasteiger partial charge on any atom is -0.455 e. The van der Waals surface area contributed by atoms with Gasteiger partial charge in [0.25, 0.3) is 5.91 Å². The van der Waals surface area contributed by atoms with Crippen molar-refractivity contribution < 1.29 is 14.3 Å². The lowest BCUT2D eigenvalue weighted by molar-refractivity contribution is -0.150. The number of carbonyl (C=O) groups excluding carboxylic acids is 2. The molecule has 0 aliphatic heterocycles. The first-order valence-corrected chi connectivity index (χ1v) is 5.19. The average Bonchev–Trinajstić information content (AvgIpc) is 2.25. The van der Waals surface area contributed by atoms with Gasteiger partial charge in [-0.1, -0.05) is 12.1 Å². The Morgan fingerprint density at radius 3 is 2.65 bits per heavy atom. The maximum atomic E-state index is 11.4. The third kappa shape index (κ3) is 4.55. The second-order valence-electron chi connectivity index (χ2n) is 3.87. The Balaban J connectivity index is 2.43. The number of nitrogen functional groups attached to an aromatic ring is 1. The SMILES string of the molecule is CN(C)C(=O)COC(=O)Cc1cccc(N)c1. The summed E-state index contributed by atoms with van der Waals surface area (Å²) in [7, 11) is 3.21. The predicted octanol–water partition coefficient (Wildman–Crippen LogP) is 0.443. The van der Waals surface area contributed by atoms with Crippen LogP contribution in [0.15, 0.2) is 24.3 Å². The Morgan fingerprint density at radius 2 is 2.06 bits per heavy atom. The molecule has 0 unspecified atom stereocenters. The molecule has 0 aromatic heterocycles. The molecule has 1 amide bonds. The Labute approximate surface area is 100 Å². The van der Waals surface area contributed by atoms with Crippen LogP contribution in [0.3, 0.4) is 0 Å². The normalized spacial score (nSPS) is 9.76. The van der Waals surface area contributed by atoms with Crippen molar-refractivity contribution >= 4 is 17.6 Å². The Kier molecular flexibility index (Phi) is 4.51. The molecule has 0 saturated carbocycles. The fraction of sp³-hybridized carbons (Fsp3) is 0.333. The standard InChI is InChI=1S/C12H16N2O3/c1-14(2)11(15)8-17-12(16)7-9-4-3-5-10(13)6-9/h3-6H,7-8,13H2,1-2H3. The number of nitrogens with zero attached hydrogens (tertiary/aromatic N) is 1. The summed E-state index contributed by atoms with van der Waals surface area (Å²) < 4.78 is 4.84. The van der Waals surface area contributed by atoms with Gasteiger partial charge in [0.05, 0.1) is 6.42 Å². The van der Waals surface area contributed by atoms with Gasteiger partial charge in [-0.2, -0.15) is 0 Å². The summed E-state index contributed by atoms with van der Waals surface area (Å²) >= 11 is 0. The van der Waals surface area contributed by atoms with Gasteiger partial charge < -0.3 is 15.4 Å².